The van der Waals surface area contributed by atoms with Gasteiger partial charge >= 0.3 is 6.03 Å². The second-order valence-corrected chi connectivity index (χ2v) is 5.48. The Morgan fingerprint density at radius 1 is 1.30 bits per heavy atom. The van der Waals surface area contributed by atoms with E-state index in [9.17, 15) is 4.79 Å². The fourth-order valence-corrected chi connectivity index (χ4v) is 2.16. The fraction of sp³-hybridized carbons (Fsp3) is 0.562. The summed E-state index contributed by atoms with van der Waals surface area (Å²) in [7, 11) is 0. The van der Waals surface area contributed by atoms with E-state index in [1.807, 2.05) is 26.0 Å². The van der Waals surface area contributed by atoms with Crippen LogP contribution in [0.15, 0.2) is 18.2 Å². The number of hydrogen-bond donors (Lipinski definition) is 3. The fourth-order valence-electron chi connectivity index (χ4n) is 2.16. The number of carbonyl (C=O) groups excluding carboxylic acids is 1. The molecule has 1 rings (SSSR count). The first-order chi connectivity index (χ1) is 9.45. The molecule has 4 heteroatoms. The third-order valence-electron chi connectivity index (χ3n) is 3.69. The first-order valence-electron chi connectivity index (χ1n) is 7.17. The lowest BCUT2D eigenvalue weighted by molar-refractivity contribution is 0.231. The third kappa shape index (κ3) is 4.85. The van der Waals surface area contributed by atoms with Gasteiger partial charge in [-0.1, -0.05) is 25.1 Å². The molecule has 2 unspecified atom stereocenters. The van der Waals surface area contributed by atoms with Crippen molar-refractivity contribution in [2.24, 2.45) is 5.92 Å². The van der Waals surface area contributed by atoms with Crippen molar-refractivity contribution in [2.75, 3.05) is 13.2 Å². The Morgan fingerprint density at radius 2 is 2.00 bits per heavy atom. The first kappa shape index (κ1) is 16.5. The summed E-state index contributed by atoms with van der Waals surface area (Å²) in [6.07, 6.45) is 0.701. The Morgan fingerprint density at radius 3 is 2.65 bits per heavy atom. The van der Waals surface area contributed by atoms with Gasteiger partial charge in [0.05, 0.1) is 6.04 Å². The van der Waals surface area contributed by atoms with Crippen molar-refractivity contribution >= 4 is 6.03 Å². The summed E-state index contributed by atoms with van der Waals surface area (Å²) in [4.78, 5) is 11.8. The van der Waals surface area contributed by atoms with Gasteiger partial charge < -0.3 is 15.7 Å². The number of aliphatic hydroxyl groups excluding tert-OH is 1. The van der Waals surface area contributed by atoms with Crippen LogP contribution in [-0.4, -0.2) is 24.3 Å². The Hall–Kier alpha value is -1.55. The van der Waals surface area contributed by atoms with Crippen molar-refractivity contribution in [1.82, 2.24) is 10.6 Å². The van der Waals surface area contributed by atoms with Gasteiger partial charge in [-0.15, -0.1) is 0 Å². The summed E-state index contributed by atoms with van der Waals surface area (Å²) in [5, 5.41) is 14.6. The van der Waals surface area contributed by atoms with E-state index in [1.165, 1.54) is 11.1 Å². The molecule has 0 heterocycles. The maximum atomic E-state index is 11.8. The van der Waals surface area contributed by atoms with Gasteiger partial charge in [-0.05, 0) is 49.8 Å². The van der Waals surface area contributed by atoms with Crippen molar-refractivity contribution in [3.8, 4) is 0 Å². The van der Waals surface area contributed by atoms with Gasteiger partial charge in [0.25, 0.3) is 0 Å². The molecular weight excluding hydrogens is 252 g/mol. The van der Waals surface area contributed by atoms with E-state index in [2.05, 4.69) is 30.5 Å². The number of urea groups is 1. The summed E-state index contributed by atoms with van der Waals surface area (Å²) >= 11 is 0. The summed E-state index contributed by atoms with van der Waals surface area (Å²) in [5.41, 5.74) is 3.59. The van der Waals surface area contributed by atoms with Crippen molar-refractivity contribution in [2.45, 2.75) is 40.2 Å². The minimum absolute atomic E-state index is 0.0250. The molecule has 2 atom stereocenters. The first-order valence-corrected chi connectivity index (χ1v) is 7.17. The molecule has 0 bridgehead atoms. The van der Waals surface area contributed by atoms with Gasteiger partial charge in [0.2, 0.25) is 0 Å². The number of rotatable bonds is 6. The lowest BCUT2D eigenvalue weighted by Crippen LogP contribution is -2.39. The summed E-state index contributed by atoms with van der Waals surface area (Å²) < 4.78 is 0. The lowest BCUT2D eigenvalue weighted by Gasteiger charge is -2.19. The minimum Gasteiger partial charge on any atom is -0.396 e. The van der Waals surface area contributed by atoms with Crippen molar-refractivity contribution in [1.29, 1.82) is 0 Å². The monoisotopic (exact) mass is 278 g/mol. The zero-order valence-electron chi connectivity index (χ0n) is 12.9. The molecule has 0 radical (unpaired) electrons. The topological polar surface area (TPSA) is 61.4 Å². The van der Waals surface area contributed by atoms with Gasteiger partial charge in [-0.25, -0.2) is 4.79 Å². The second-order valence-electron chi connectivity index (χ2n) is 5.48. The smallest absolute Gasteiger partial charge is 0.315 e. The highest BCUT2D eigenvalue weighted by Gasteiger charge is 2.12. The van der Waals surface area contributed by atoms with Crippen LogP contribution in [0.3, 0.4) is 0 Å². The molecule has 0 saturated carbocycles. The van der Waals surface area contributed by atoms with Gasteiger partial charge in [0, 0.05) is 13.2 Å². The average Bonchev–Trinajstić information content (AvgIpc) is 2.40. The van der Waals surface area contributed by atoms with Crippen LogP contribution in [-0.2, 0) is 0 Å². The molecule has 0 aliphatic carbocycles. The second kappa shape index (κ2) is 7.90. The van der Waals surface area contributed by atoms with Crippen LogP contribution < -0.4 is 10.6 Å². The maximum Gasteiger partial charge on any atom is 0.315 e. The van der Waals surface area contributed by atoms with E-state index < -0.39 is 0 Å². The highest BCUT2D eigenvalue weighted by molar-refractivity contribution is 5.74. The van der Waals surface area contributed by atoms with Crippen LogP contribution in [0.4, 0.5) is 4.79 Å². The number of aryl methyl sites for hydroxylation is 1. The third-order valence-corrected chi connectivity index (χ3v) is 3.69. The molecule has 0 saturated heterocycles. The van der Waals surface area contributed by atoms with Gasteiger partial charge in [-0.2, -0.15) is 0 Å². The molecule has 20 heavy (non-hydrogen) atoms. The van der Waals surface area contributed by atoms with E-state index in [1.54, 1.807) is 0 Å². The van der Waals surface area contributed by atoms with Crippen LogP contribution in [0.25, 0.3) is 0 Å². The van der Waals surface area contributed by atoms with E-state index in [0.29, 0.717) is 13.0 Å². The van der Waals surface area contributed by atoms with Crippen LogP contribution in [0.1, 0.15) is 43.0 Å². The SMILES string of the molecule is Cc1cccc(C(C)NC(=O)NCC(C)CCO)c1C. The van der Waals surface area contributed by atoms with Crippen molar-refractivity contribution < 1.29 is 9.90 Å². The quantitative estimate of drug-likeness (QED) is 0.749. The van der Waals surface area contributed by atoms with E-state index in [0.717, 1.165) is 5.56 Å². The number of carbonyl (C=O) groups is 1. The molecule has 0 fully saturated rings. The minimum atomic E-state index is -0.164. The normalized spacial score (nSPS) is 13.7. The number of amides is 2. The van der Waals surface area contributed by atoms with Crippen molar-refractivity contribution in [3.63, 3.8) is 0 Å². The van der Waals surface area contributed by atoms with E-state index in [-0.39, 0.29) is 24.6 Å². The molecule has 0 aliphatic heterocycles. The molecule has 0 aliphatic rings. The van der Waals surface area contributed by atoms with Crippen LogP contribution in [0.5, 0.6) is 0 Å². The predicted octanol–water partition coefficient (Wildman–Crippen LogP) is 2.68. The van der Waals surface area contributed by atoms with Crippen LogP contribution >= 0.6 is 0 Å². The largest absolute Gasteiger partial charge is 0.396 e. The molecular formula is C16H26N2O2. The molecule has 0 aromatic heterocycles. The Balaban J connectivity index is 2.51. The Labute approximate surface area is 121 Å². The Bertz CT molecular complexity index is 446. The summed E-state index contributed by atoms with van der Waals surface area (Å²) in [6, 6.07) is 5.94. The Kier molecular flexibility index (Phi) is 6.52. The number of benzene rings is 1. The van der Waals surface area contributed by atoms with Gasteiger partial charge in [-0.3, -0.25) is 0 Å². The molecule has 3 N–H and O–H groups in total. The van der Waals surface area contributed by atoms with E-state index in [4.69, 9.17) is 5.11 Å². The standard InChI is InChI=1S/C16H26N2O2/c1-11(8-9-19)10-17-16(20)18-14(4)15-7-5-6-12(2)13(15)3/h5-7,11,14,19H,8-10H2,1-4H3,(H2,17,18,20). The maximum absolute atomic E-state index is 11.8. The summed E-state index contributed by atoms with van der Waals surface area (Å²) in [5.74, 6) is 0.279. The zero-order chi connectivity index (χ0) is 15.1. The van der Waals surface area contributed by atoms with Crippen LogP contribution in [0, 0.1) is 19.8 Å². The molecule has 112 valence electrons. The van der Waals surface area contributed by atoms with Gasteiger partial charge in [0.15, 0.2) is 0 Å². The van der Waals surface area contributed by atoms with Crippen LogP contribution in [0.2, 0.25) is 0 Å². The van der Waals surface area contributed by atoms with E-state index >= 15 is 0 Å². The lowest BCUT2D eigenvalue weighted by atomic mass is 9.98. The molecule has 1 aromatic rings. The molecule has 4 nitrogen and oxygen atoms in total. The number of hydrogen-bond acceptors (Lipinski definition) is 2. The number of aliphatic hydroxyl groups is 1. The summed E-state index contributed by atoms with van der Waals surface area (Å²) in [6.45, 7) is 8.87. The molecule has 0 spiro atoms. The zero-order valence-corrected chi connectivity index (χ0v) is 12.9. The van der Waals surface area contributed by atoms with Gasteiger partial charge in [0.1, 0.15) is 0 Å². The predicted molar refractivity (Wildman–Crippen MR) is 81.7 cm³/mol. The van der Waals surface area contributed by atoms with Crippen molar-refractivity contribution in [3.05, 3.63) is 34.9 Å². The highest BCUT2D eigenvalue weighted by atomic mass is 16.3. The number of nitrogens with one attached hydrogen (secondary N) is 2. The average molecular weight is 278 g/mol. The molecule has 1 aromatic carbocycles. The molecule has 2 amide bonds. The highest BCUT2D eigenvalue weighted by Crippen LogP contribution is 2.19.